The van der Waals surface area contributed by atoms with Gasteiger partial charge in [-0.1, -0.05) is 64.8 Å². The SMILES string of the molecule is COC(=O)[C@]12CCC(C)(C)C[C@H]1C1=CC[C@@H]3[C@@]4(C)C[C@H](O)[C@H](O)[C@@](C)(CO)C4=CC[C@@]3(C)[C@]1(C)CC2. The summed E-state index contributed by atoms with van der Waals surface area (Å²) in [4.78, 5) is 13.4. The van der Waals surface area contributed by atoms with Gasteiger partial charge in [-0.3, -0.25) is 4.79 Å². The summed E-state index contributed by atoms with van der Waals surface area (Å²) < 4.78 is 5.46. The molecular weight excluding hydrogens is 452 g/mol. The molecule has 5 heteroatoms. The topological polar surface area (TPSA) is 87.0 Å². The molecule has 0 spiro atoms. The standard InChI is InChI=1S/C31H48O5/c1-26(2)12-14-31(25(35)36-7)15-13-29(5)19(20(31)16-26)8-9-23-27(3)17-21(33)24(34)28(4,18-32)22(27)10-11-30(23,29)6/h8,10,20-21,23-24,32-34H,9,11-18H2,1-7H3/t20-,21-,23+,24-,27-,28-,29+,30+,31-/m0/s1. The number of fused-ring (bicyclic) bond motifs is 7. The number of aliphatic hydroxyl groups excluding tert-OH is 3. The molecule has 0 aromatic rings. The van der Waals surface area contributed by atoms with Crippen LogP contribution in [-0.2, 0) is 9.53 Å². The normalized spacial score (nSPS) is 51.5. The van der Waals surface area contributed by atoms with Gasteiger partial charge in [0, 0.05) is 5.41 Å². The van der Waals surface area contributed by atoms with Gasteiger partial charge in [0.1, 0.15) is 0 Å². The first-order valence-electron chi connectivity index (χ1n) is 14.1. The lowest BCUT2D eigenvalue weighted by Crippen LogP contribution is -2.64. The highest BCUT2D eigenvalue weighted by molar-refractivity contribution is 5.78. The number of hydrogen-bond acceptors (Lipinski definition) is 5. The Labute approximate surface area is 217 Å². The van der Waals surface area contributed by atoms with E-state index < -0.39 is 23.0 Å². The van der Waals surface area contributed by atoms with E-state index in [0.717, 1.165) is 50.5 Å². The van der Waals surface area contributed by atoms with Gasteiger partial charge in [-0.05, 0) is 84.9 Å². The highest BCUT2D eigenvalue weighted by atomic mass is 16.5. The van der Waals surface area contributed by atoms with Crippen LogP contribution in [0.5, 0.6) is 0 Å². The van der Waals surface area contributed by atoms with Crippen molar-refractivity contribution in [3.8, 4) is 0 Å². The number of hydrogen-bond donors (Lipinski definition) is 3. The van der Waals surface area contributed by atoms with E-state index in [9.17, 15) is 20.1 Å². The second kappa shape index (κ2) is 7.93. The van der Waals surface area contributed by atoms with Gasteiger partial charge < -0.3 is 20.1 Å². The smallest absolute Gasteiger partial charge is 0.312 e. The van der Waals surface area contributed by atoms with Crippen LogP contribution in [0.4, 0.5) is 0 Å². The second-order valence-corrected chi connectivity index (χ2v) is 14.8. The average Bonchev–Trinajstić information content (AvgIpc) is 2.82. The lowest BCUT2D eigenvalue weighted by molar-refractivity contribution is -0.174. The van der Waals surface area contributed by atoms with Crippen LogP contribution in [0.2, 0.25) is 0 Å². The number of methoxy groups -OCH3 is 1. The van der Waals surface area contributed by atoms with Gasteiger partial charge in [-0.25, -0.2) is 0 Å². The van der Waals surface area contributed by atoms with E-state index in [2.05, 4.69) is 46.8 Å². The lowest BCUT2D eigenvalue weighted by atomic mass is 9.35. The fourth-order valence-electron chi connectivity index (χ4n) is 10.2. The summed E-state index contributed by atoms with van der Waals surface area (Å²) in [6.45, 7) is 13.6. The first-order chi connectivity index (χ1) is 16.7. The van der Waals surface area contributed by atoms with Gasteiger partial charge >= 0.3 is 5.97 Å². The molecule has 0 radical (unpaired) electrons. The van der Waals surface area contributed by atoms with E-state index >= 15 is 0 Å². The third-order valence-corrected chi connectivity index (χ3v) is 12.7. The molecule has 0 aromatic carbocycles. The maximum Gasteiger partial charge on any atom is 0.312 e. The zero-order chi connectivity index (χ0) is 26.5. The molecule has 3 N–H and O–H groups in total. The Kier molecular flexibility index (Phi) is 5.82. The van der Waals surface area contributed by atoms with Crippen molar-refractivity contribution in [1.82, 2.24) is 0 Å². The van der Waals surface area contributed by atoms with Crippen molar-refractivity contribution < 1.29 is 24.9 Å². The molecule has 9 atom stereocenters. The summed E-state index contributed by atoms with van der Waals surface area (Å²) >= 11 is 0. The number of aliphatic hydroxyl groups is 3. The molecular formula is C31H48O5. The van der Waals surface area contributed by atoms with Crippen LogP contribution < -0.4 is 0 Å². The molecule has 5 aliphatic carbocycles. The first-order valence-corrected chi connectivity index (χ1v) is 14.1. The lowest BCUT2D eigenvalue weighted by Gasteiger charge is -2.69. The van der Waals surface area contributed by atoms with Gasteiger partial charge in [0.25, 0.3) is 0 Å². The molecule has 0 aromatic heterocycles. The van der Waals surface area contributed by atoms with Crippen molar-refractivity contribution in [2.24, 2.45) is 44.3 Å². The minimum atomic E-state index is -0.962. The highest BCUT2D eigenvalue weighted by Gasteiger charge is 2.68. The fourth-order valence-corrected chi connectivity index (χ4v) is 10.2. The molecule has 5 nitrogen and oxygen atoms in total. The van der Waals surface area contributed by atoms with Crippen LogP contribution in [0.15, 0.2) is 23.3 Å². The van der Waals surface area contributed by atoms with Crippen molar-refractivity contribution in [3.63, 3.8) is 0 Å². The Morgan fingerprint density at radius 1 is 1.00 bits per heavy atom. The molecule has 0 heterocycles. The van der Waals surface area contributed by atoms with Crippen LogP contribution in [0.3, 0.4) is 0 Å². The van der Waals surface area contributed by atoms with Crippen LogP contribution in [0.1, 0.15) is 92.9 Å². The third kappa shape index (κ3) is 3.09. The predicted octanol–water partition coefficient (Wildman–Crippen LogP) is 5.19. The fraction of sp³-hybridized carbons (Fsp3) is 0.839. The molecule has 3 saturated carbocycles. The van der Waals surface area contributed by atoms with Crippen molar-refractivity contribution in [1.29, 1.82) is 0 Å². The van der Waals surface area contributed by atoms with Gasteiger partial charge in [-0.2, -0.15) is 0 Å². The number of carbonyl (C=O) groups excluding carboxylic acids is 1. The van der Waals surface area contributed by atoms with Crippen molar-refractivity contribution in [3.05, 3.63) is 23.3 Å². The number of carbonyl (C=O) groups is 1. The molecule has 5 rings (SSSR count). The van der Waals surface area contributed by atoms with Crippen molar-refractivity contribution >= 4 is 5.97 Å². The minimum absolute atomic E-state index is 0.0286. The van der Waals surface area contributed by atoms with Crippen LogP contribution in [0.25, 0.3) is 0 Å². The van der Waals surface area contributed by atoms with Crippen LogP contribution >= 0.6 is 0 Å². The van der Waals surface area contributed by atoms with Crippen molar-refractivity contribution in [2.45, 2.75) is 105 Å². The number of allylic oxidation sites excluding steroid dienone is 3. The number of ether oxygens (including phenoxy) is 1. The Hall–Kier alpha value is -1.17. The maximum atomic E-state index is 13.4. The highest BCUT2D eigenvalue weighted by Crippen LogP contribution is 2.74. The molecule has 0 unspecified atom stereocenters. The molecule has 5 aliphatic rings. The summed E-state index contributed by atoms with van der Waals surface area (Å²) in [6.07, 6.45) is 10.0. The molecule has 3 fully saturated rings. The number of rotatable bonds is 2. The van der Waals surface area contributed by atoms with E-state index in [1.165, 1.54) is 5.57 Å². The Bertz CT molecular complexity index is 1010. The molecule has 202 valence electrons. The zero-order valence-electron chi connectivity index (χ0n) is 23.5. The monoisotopic (exact) mass is 500 g/mol. The molecule has 36 heavy (non-hydrogen) atoms. The van der Waals surface area contributed by atoms with Gasteiger partial charge in [0.2, 0.25) is 0 Å². The van der Waals surface area contributed by atoms with Gasteiger partial charge in [-0.15, -0.1) is 0 Å². The largest absolute Gasteiger partial charge is 0.469 e. The van der Waals surface area contributed by atoms with Crippen molar-refractivity contribution in [2.75, 3.05) is 13.7 Å². The van der Waals surface area contributed by atoms with Gasteiger partial charge in [0.15, 0.2) is 0 Å². The van der Waals surface area contributed by atoms with E-state index in [1.807, 2.05) is 6.92 Å². The van der Waals surface area contributed by atoms with E-state index in [1.54, 1.807) is 7.11 Å². The summed E-state index contributed by atoms with van der Waals surface area (Å²) in [7, 11) is 1.55. The quantitative estimate of drug-likeness (QED) is 0.359. The van der Waals surface area contributed by atoms with Crippen LogP contribution in [0, 0.1) is 44.3 Å². The van der Waals surface area contributed by atoms with E-state index in [0.29, 0.717) is 6.42 Å². The molecule has 0 aliphatic heterocycles. The molecule has 0 saturated heterocycles. The minimum Gasteiger partial charge on any atom is -0.469 e. The van der Waals surface area contributed by atoms with E-state index in [-0.39, 0.29) is 46.1 Å². The summed E-state index contributed by atoms with van der Waals surface area (Å²) in [6, 6.07) is 0. The summed E-state index contributed by atoms with van der Waals surface area (Å²) in [5.74, 6) is 0.456. The zero-order valence-corrected chi connectivity index (χ0v) is 23.5. The number of esters is 1. The molecule has 0 amide bonds. The van der Waals surface area contributed by atoms with Crippen LogP contribution in [-0.4, -0.2) is 47.2 Å². The summed E-state index contributed by atoms with van der Waals surface area (Å²) in [5, 5.41) is 32.3. The average molecular weight is 501 g/mol. The Morgan fingerprint density at radius 2 is 1.67 bits per heavy atom. The Balaban J connectivity index is 1.63. The second-order valence-electron chi connectivity index (χ2n) is 14.8. The Morgan fingerprint density at radius 3 is 2.31 bits per heavy atom. The molecule has 0 bridgehead atoms. The first kappa shape index (κ1) is 26.4. The predicted molar refractivity (Wildman–Crippen MR) is 140 cm³/mol. The van der Waals surface area contributed by atoms with Gasteiger partial charge in [0.05, 0.1) is 31.3 Å². The maximum absolute atomic E-state index is 13.4. The summed E-state index contributed by atoms with van der Waals surface area (Å²) in [5.41, 5.74) is 1.11. The third-order valence-electron chi connectivity index (χ3n) is 12.7. The van der Waals surface area contributed by atoms with E-state index in [4.69, 9.17) is 4.74 Å².